The van der Waals surface area contributed by atoms with Crippen molar-refractivity contribution < 1.29 is 17.9 Å². The number of hydrogen-bond donors (Lipinski definition) is 0. The fourth-order valence-electron chi connectivity index (χ4n) is 3.81. The minimum Gasteiger partial charge on any atom is -0.374 e. The molecule has 1 aromatic rings. The molecule has 1 aliphatic carbocycles. The molecule has 1 saturated carbocycles. The predicted molar refractivity (Wildman–Crippen MR) is 84.7 cm³/mol. The van der Waals surface area contributed by atoms with Crippen molar-refractivity contribution in [1.82, 2.24) is 14.1 Å². The highest BCUT2D eigenvalue weighted by molar-refractivity contribution is 7.89. The monoisotopic (exact) mass is 343 g/mol. The fourth-order valence-corrected chi connectivity index (χ4v) is 5.86. The van der Waals surface area contributed by atoms with Crippen LogP contribution in [0.1, 0.15) is 31.2 Å². The molecule has 1 aromatic heterocycles. The largest absolute Gasteiger partial charge is 0.374 e. The highest BCUT2D eigenvalue weighted by Gasteiger charge is 2.48. The van der Waals surface area contributed by atoms with Gasteiger partial charge in [0.2, 0.25) is 10.0 Å². The third-order valence-electron chi connectivity index (χ3n) is 4.87. The van der Waals surface area contributed by atoms with Crippen LogP contribution in [0.4, 0.5) is 0 Å². The Morgan fingerprint density at radius 3 is 2.70 bits per heavy atom. The van der Waals surface area contributed by atoms with Crippen LogP contribution in [0.15, 0.2) is 4.90 Å². The maximum atomic E-state index is 13.3. The van der Waals surface area contributed by atoms with Crippen LogP contribution >= 0.6 is 0 Å². The molecule has 0 unspecified atom stereocenters. The molecule has 0 radical (unpaired) electrons. The molecule has 3 atom stereocenters. The van der Waals surface area contributed by atoms with Gasteiger partial charge in [-0.05, 0) is 33.6 Å². The van der Waals surface area contributed by atoms with E-state index in [4.69, 9.17) is 9.47 Å². The van der Waals surface area contributed by atoms with Gasteiger partial charge in [0.05, 0.1) is 30.1 Å². The zero-order valence-corrected chi connectivity index (χ0v) is 15.0. The first-order valence-electron chi connectivity index (χ1n) is 8.13. The smallest absolute Gasteiger partial charge is 0.247 e. The molecule has 2 bridgehead atoms. The van der Waals surface area contributed by atoms with Crippen molar-refractivity contribution in [3.8, 4) is 0 Å². The molecule has 1 aliphatic heterocycles. The van der Waals surface area contributed by atoms with Crippen LogP contribution in [-0.4, -0.2) is 60.5 Å². The minimum absolute atomic E-state index is 0.00348. The van der Waals surface area contributed by atoms with Gasteiger partial charge in [0, 0.05) is 20.2 Å². The van der Waals surface area contributed by atoms with Crippen LogP contribution in [0.5, 0.6) is 0 Å². The van der Waals surface area contributed by atoms with Crippen molar-refractivity contribution in [3.05, 3.63) is 11.4 Å². The van der Waals surface area contributed by atoms with E-state index in [0.717, 1.165) is 12.8 Å². The van der Waals surface area contributed by atoms with E-state index in [1.54, 1.807) is 29.9 Å². The Bertz CT molecular complexity index is 685. The number of sulfonamides is 1. The van der Waals surface area contributed by atoms with Gasteiger partial charge in [-0.1, -0.05) is 0 Å². The first-order chi connectivity index (χ1) is 10.9. The van der Waals surface area contributed by atoms with E-state index < -0.39 is 10.0 Å². The van der Waals surface area contributed by atoms with Crippen LogP contribution in [0.3, 0.4) is 0 Å². The summed E-state index contributed by atoms with van der Waals surface area (Å²) in [5.41, 5.74) is 1.20. The third-order valence-corrected chi connectivity index (χ3v) is 7.05. The molecule has 2 aliphatic rings. The van der Waals surface area contributed by atoms with Gasteiger partial charge in [0.25, 0.3) is 0 Å². The van der Waals surface area contributed by atoms with Gasteiger partial charge in [-0.3, -0.25) is 4.68 Å². The van der Waals surface area contributed by atoms with Crippen molar-refractivity contribution in [2.24, 2.45) is 7.05 Å². The molecule has 3 rings (SSSR count). The summed E-state index contributed by atoms with van der Waals surface area (Å²) in [6.07, 6.45) is 1.42. The Morgan fingerprint density at radius 1 is 1.35 bits per heavy atom. The first-order valence-corrected chi connectivity index (χ1v) is 9.57. The lowest BCUT2D eigenvalue weighted by Gasteiger charge is -2.30. The van der Waals surface area contributed by atoms with Crippen molar-refractivity contribution in [1.29, 1.82) is 0 Å². The molecule has 0 aromatic carbocycles. The Balaban J connectivity index is 2.01. The summed E-state index contributed by atoms with van der Waals surface area (Å²) in [6, 6.07) is -0.161. The summed E-state index contributed by atoms with van der Waals surface area (Å²) in [5, 5.41) is 4.26. The summed E-state index contributed by atoms with van der Waals surface area (Å²) >= 11 is 0. The molecule has 2 heterocycles. The van der Waals surface area contributed by atoms with Gasteiger partial charge >= 0.3 is 0 Å². The quantitative estimate of drug-likeness (QED) is 0.815. The lowest BCUT2D eigenvalue weighted by molar-refractivity contribution is -0.0470. The second-order valence-corrected chi connectivity index (χ2v) is 8.04. The van der Waals surface area contributed by atoms with Gasteiger partial charge in [0.15, 0.2) is 0 Å². The van der Waals surface area contributed by atoms with Gasteiger partial charge in [-0.25, -0.2) is 8.42 Å². The summed E-state index contributed by atoms with van der Waals surface area (Å²) in [6.45, 7) is 6.78. The lowest BCUT2D eigenvalue weighted by atomic mass is 10.2. The Labute approximate surface area is 137 Å². The van der Waals surface area contributed by atoms with Gasteiger partial charge < -0.3 is 9.47 Å². The zero-order chi connectivity index (χ0) is 16.8. The first kappa shape index (κ1) is 16.9. The molecule has 23 heavy (non-hydrogen) atoms. The van der Waals surface area contributed by atoms with E-state index in [-0.39, 0.29) is 18.2 Å². The van der Waals surface area contributed by atoms with Crippen LogP contribution in [0, 0.1) is 13.8 Å². The second-order valence-electron chi connectivity index (χ2n) is 6.21. The normalized spacial score (nSPS) is 29.0. The number of hydrogen-bond acceptors (Lipinski definition) is 5. The van der Waals surface area contributed by atoms with Crippen LogP contribution in [-0.2, 0) is 26.5 Å². The Hall–Kier alpha value is -0.960. The predicted octanol–water partition coefficient (Wildman–Crippen LogP) is 0.994. The van der Waals surface area contributed by atoms with Crippen LogP contribution in [0.2, 0.25) is 0 Å². The van der Waals surface area contributed by atoms with Gasteiger partial charge in [-0.15, -0.1) is 0 Å². The van der Waals surface area contributed by atoms with Crippen molar-refractivity contribution in [2.75, 3.05) is 19.8 Å². The number of aryl methyl sites for hydroxylation is 2. The fraction of sp³-hybridized carbons (Fsp3) is 0.800. The summed E-state index contributed by atoms with van der Waals surface area (Å²) in [5.74, 6) is 0. The van der Waals surface area contributed by atoms with Gasteiger partial charge in [-0.2, -0.15) is 9.40 Å². The number of nitrogens with zero attached hydrogens (tertiary/aromatic N) is 3. The van der Waals surface area contributed by atoms with E-state index in [1.807, 2.05) is 6.92 Å². The molecule has 1 saturated heterocycles. The standard InChI is InChI=1S/C15H25N3O4S/c1-5-21-14-12-6-7-13(14)22-9-8-18(12)23(19,20)15-10(2)16-17(4)11(15)3/h12-14H,5-9H2,1-4H3/t12-,13-,14+/m1/s1. The Kier molecular flexibility index (Phi) is 4.52. The average Bonchev–Trinajstić information content (AvgIpc) is 2.87. The van der Waals surface area contributed by atoms with E-state index in [2.05, 4.69) is 5.10 Å². The third kappa shape index (κ3) is 2.71. The molecule has 2 fully saturated rings. The number of aromatic nitrogens is 2. The molecule has 0 spiro atoms. The van der Waals surface area contributed by atoms with Crippen molar-refractivity contribution >= 4 is 10.0 Å². The number of rotatable bonds is 4. The maximum absolute atomic E-state index is 13.3. The second kappa shape index (κ2) is 6.16. The Morgan fingerprint density at radius 2 is 2.09 bits per heavy atom. The molecular formula is C15H25N3O4S. The summed E-state index contributed by atoms with van der Waals surface area (Å²) < 4.78 is 41.4. The molecular weight excluding hydrogens is 318 g/mol. The number of ether oxygens (including phenoxy) is 2. The molecule has 7 nitrogen and oxygen atoms in total. The van der Waals surface area contributed by atoms with E-state index in [9.17, 15) is 8.42 Å². The van der Waals surface area contributed by atoms with Gasteiger partial charge in [0.1, 0.15) is 11.0 Å². The molecule has 0 N–H and O–H groups in total. The average molecular weight is 343 g/mol. The van der Waals surface area contributed by atoms with Crippen molar-refractivity contribution in [3.63, 3.8) is 0 Å². The highest BCUT2D eigenvalue weighted by Crippen LogP contribution is 2.36. The SMILES string of the molecule is CCO[C@H]1[C@H]2CC[C@H]1OCCN2S(=O)(=O)c1c(C)nn(C)c1C. The zero-order valence-electron chi connectivity index (χ0n) is 14.2. The van der Waals surface area contributed by atoms with E-state index in [1.165, 1.54) is 0 Å². The molecule has 130 valence electrons. The highest BCUT2D eigenvalue weighted by atomic mass is 32.2. The summed E-state index contributed by atoms with van der Waals surface area (Å²) in [4.78, 5) is 0.320. The maximum Gasteiger partial charge on any atom is 0.247 e. The lowest BCUT2D eigenvalue weighted by Crippen LogP contribution is -2.46. The van der Waals surface area contributed by atoms with Crippen molar-refractivity contribution in [2.45, 2.75) is 56.8 Å². The number of fused-ring (bicyclic) bond motifs is 2. The minimum atomic E-state index is -3.62. The topological polar surface area (TPSA) is 73.7 Å². The summed E-state index contributed by atoms with van der Waals surface area (Å²) in [7, 11) is -1.86. The van der Waals surface area contributed by atoms with Crippen LogP contribution < -0.4 is 0 Å². The van der Waals surface area contributed by atoms with Crippen LogP contribution in [0.25, 0.3) is 0 Å². The van der Waals surface area contributed by atoms with E-state index >= 15 is 0 Å². The molecule has 0 amide bonds. The molecule has 8 heteroatoms. The van der Waals surface area contributed by atoms with E-state index in [0.29, 0.717) is 36.0 Å².